The standard InChI is InChI=1S/C11H10ClN3O2S/c1-6(16)7-3-4-9(8(12)5-7)18-11-14-13-10(17)15(11)2/h3-5H,1-2H3,(H,13,17). The molecule has 0 aliphatic heterocycles. The van der Waals surface area contributed by atoms with E-state index in [4.69, 9.17) is 11.6 Å². The van der Waals surface area contributed by atoms with Crippen LogP contribution >= 0.6 is 23.4 Å². The van der Waals surface area contributed by atoms with E-state index in [0.717, 1.165) is 4.90 Å². The molecule has 1 aromatic carbocycles. The molecule has 0 fully saturated rings. The summed E-state index contributed by atoms with van der Waals surface area (Å²) in [5, 5.41) is 7.19. The van der Waals surface area contributed by atoms with Gasteiger partial charge in [-0.25, -0.2) is 9.89 Å². The number of benzene rings is 1. The first kappa shape index (κ1) is 12.9. The van der Waals surface area contributed by atoms with Gasteiger partial charge in [0.05, 0.1) is 5.02 Å². The molecule has 0 radical (unpaired) electrons. The van der Waals surface area contributed by atoms with Crippen molar-refractivity contribution in [3.8, 4) is 0 Å². The van der Waals surface area contributed by atoms with Crippen molar-refractivity contribution in [2.45, 2.75) is 17.0 Å². The van der Waals surface area contributed by atoms with Crippen LogP contribution in [0.25, 0.3) is 0 Å². The number of nitrogens with one attached hydrogen (secondary N) is 1. The minimum atomic E-state index is -0.283. The van der Waals surface area contributed by atoms with Crippen LogP contribution in [-0.2, 0) is 7.05 Å². The van der Waals surface area contributed by atoms with Gasteiger partial charge in [-0.1, -0.05) is 17.7 Å². The molecule has 0 unspecified atom stereocenters. The predicted molar refractivity (Wildman–Crippen MR) is 69.4 cm³/mol. The summed E-state index contributed by atoms with van der Waals surface area (Å²) in [5.41, 5.74) is 0.272. The number of hydrogen-bond acceptors (Lipinski definition) is 4. The molecule has 7 heteroatoms. The third-order valence-electron chi connectivity index (χ3n) is 2.38. The summed E-state index contributed by atoms with van der Waals surface area (Å²) in [5.74, 6) is -0.0411. The zero-order valence-corrected chi connectivity index (χ0v) is 11.3. The van der Waals surface area contributed by atoms with Crippen molar-refractivity contribution in [1.29, 1.82) is 0 Å². The molecular formula is C11H10ClN3O2S. The predicted octanol–water partition coefficient (Wildman–Crippen LogP) is 2.12. The maximum absolute atomic E-state index is 11.2. The third-order valence-corrected chi connectivity index (χ3v) is 3.93. The lowest BCUT2D eigenvalue weighted by molar-refractivity contribution is 0.101. The van der Waals surface area contributed by atoms with E-state index < -0.39 is 0 Å². The number of H-pyrrole nitrogens is 1. The highest BCUT2D eigenvalue weighted by atomic mass is 35.5. The Balaban J connectivity index is 2.33. The summed E-state index contributed by atoms with van der Waals surface area (Å²) in [6.45, 7) is 1.48. The molecule has 0 aliphatic rings. The quantitative estimate of drug-likeness (QED) is 0.876. The fourth-order valence-corrected chi connectivity index (χ4v) is 2.42. The first-order chi connectivity index (χ1) is 8.49. The van der Waals surface area contributed by atoms with Crippen molar-refractivity contribution < 1.29 is 4.79 Å². The van der Waals surface area contributed by atoms with Crippen LogP contribution < -0.4 is 5.69 Å². The van der Waals surface area contributed by atoms with Gasteiger partial charge in [0.2, 0.25) is 0 Å². The van der Waals surface area contributed by atoms with Crippen molar-refractivity contribution in [2.75, 3.05) is 0 Å². The van der Waals surface area contributed by atoms with Gasteiger partial charge in [0.25, 0.3) is 0 Å². The summed E-state index contributed by atoms with van der Waals surface area (Å²) in [4.78, 5) is 23.1. The molecule has 94 valence electrons. The molecule has 0 saturated carbocycles. The van der Waals surface area contributed by atoms with Gasteiger partial charge in [0.15, 0.2) is 10.9 Å². The number of halogens is 1. The molecule has 0 spiro atoms. The lowest BCUT2D eigenvalue weighted by atomic mass is 10.1. The molecule has 1 N–H and O–H groups in total. The highest BCUT2D eigenvalue weighted by Crippen LogP contribution is 2.32. The second-order valence-electron chi connectivity index (χ2n) is 3.67. The Morgan fingerprint density at radius 2 is 2.22 bits per heavy atom. The van der Waals surface area contributed by atoms with Gasteiger partial charge < -0.3 is 0 Å². The first-order valence-corrected chi connectivity index (χ1v) is 6.28. The zero-order valence-electron chi connectivity index (χ0n) is 9.73. The van der Waals surface area contributed by atoms with Crippen molar-refractivity contribution in [2.24, 2.45) is 7.05 Å². The largest absolute Gasteiger partial charge is 0.343 e. The molecule has 2 aromatic rings. The van der Waals surface area contributed by atoms with E-state index in [2.05, 4.69) is 10.2 Å². The first-order valence-electron chi connectivity index (χ1n) is 5.09. The Labute approximate surface area is 112 Å². The van der Waals surface area contributed by atoms with Crippen LogP contribution in [0.1, 0.15) is 17.3 Å². The van der Waals surface area contributed by atoms with Gasteiger partial charge in [-0.05, 0) is 30.8 Å². The second kappa shape index (κ2) is 4.99. The summed E-state index contributed by atoms with van der Waals surface area (Å²) in [7, 11) is 1.62. The normalized spacial score (nSPS) is 10.6. The van der Waals surface area contributed by atoms with Crippen LogP contribution in [0.15, 0.2) is 33.0 Å². The number of Topliss-reactive ketones (excluding diaryl/α,β-unsaturated/α-hetero) is 1. The van der Waals surface area contributed by atoms with Crippen LogP contribution in [0.2, 0.25) is 5.02 Å². The van der Waals surface area contributed by atoms with E-state index in [-0.39, 0.29) is 11.5 Å². The summed E-state index contributed by atoms with van der Waals surface area (Å²) in [6, 6.07) is 5.04. The molecule has 2 rings (SSSR count). The van der Waals surface area contributed by atoms with Crippen molar-refractivity contribution in [3.05, 3.63) is 39.3 Å². The molecule has 0 saturated heterocycles. The zero-order chi connectivity index (χ0) is 13.3. The number of ketones is 1. The highest BCUT2D eigenvalue weighted by Gasteiger charge is 2.10. The van der Waals surface area contributed by atoms with Gasteiger partial charge in [-0.15, -0.1) is 5.10 Å². The molecule has 1 heterocycles. The number of carbonyl (C=O) groups excluding carboxylic acids is 1. The Morgan fingerprint density at radius 3 is 2.72 bits per heavy atom. The Morgan fingerprint density at radius 1 is 1.50 bits per heavy atom. The van der Waals surface area contributed by atoms with Crippen molar-refractivity contribution >= 4 is 29.1 Å². The van der Waals surface area contributed by atoms with Gasteiger partial charge in [0, 0.05) is 17.5 Å². The Hall–Kier alpha value is -1.53. The Kier molecular flexibility index (Phi) is 3.58. The Bertz CT molecular complexity index is 663. The molecule has 1 aromatic heterocycles. The van der Waals surface area contributed by atoms with E-state index in [1.54, 1.807) is 25.2 Å². The van der Waals surface area contributed by atoms with Crippen molar-refractivity contribution in [3.63, 3.8) is 0 Å². The summed E-state index contributed by atoms with van der Waals surface area (Å²) < 4.78 is 1.39. The van der Waals surface area contributed by atoms with E-state index >= 15 is 0 Å². The third kappa shape index (κ3) is 2.49. The summed E-state index contributed by atoms with van der Waals surface area (Å²) in [6.07, 6.45) is 0. The van der Waals surface area contributed by atoms with Crippen LogP contribution in [-0.4, -0.2) is 20.5 Å². The van der Waals surface area contributed by atoms with Gasteiger partial charge >= 0.3 is 5.69 Å². The fourth-order valence-electron chi connectivity index (χ4n) is 1.32. The SMILES string of the molecule is CC(=O)c1ccc(Sc2n[nH]c(=O)n2C)c(Cl)c1. The lowest BCUT2D eigenvalue weighted by Crippen LogP contribution is -2.12. The molecule has 0 bridgehead atoms. The molecule has 0 amide bonds. The van der Waals surface area contributed by atoms with Gasteiger partial charge in [-0.3, -0.25) is 9.36 Å². The molecule has 0 aliphatic carbocycles. The number of aromatic amines is 1. The average Bonchev–Trinajstić information content (AvgIpc) is 2.63. The van der Waals surface area contributed by atoms with E-state index in [1.165, 1.54) is 23.3 Å². The number of carbonyl (C=O) groups is 1. The number of hydrogen-bond donors (Lipinski definition) is 1. The lowest BCUT2D eigenvalue weighted by Gasteiger charge is -2.04. The summed E-state index contributed by atoms with van der Waals surface area (Å²) >= 11 is 7.34. The fraction of sp³-hybridized carbons (Fsp3) is 0.182. The number of rotatable bonds is 3. The minimum Gasteiger partial charge on any atom is -0.295 e. The molecular weight excluding hydrogens is 274 g/mol. The number of nitrogens with zero attached hydrogens (tertiary/aromatic N) is 2. The topological polar surface area (TPSA) is 67.8 Å². The monoisotopic (exact) mass is 283 g/mol. The van der Waals surface area contributed by atoms with Crippen LogP contribution in [0.4, 0.5) is 0 Å². The van der Waals surface area contributed by atoms with E-state index in [1.807, 2.05) is 0 Å². The maximum atomic E-state index is 11.2. The van der Waals surface area contributed by atoms with Gasteiger partial charge in [-0.2, -0.15) is 0 Å². The molecule has 18 heavy (non-hydrogen) atoms. The number of aromatic nitrogens is 3. The minimum absolute atomic E-state index is 0.0411. The maximum Gasteiger partial charge on any atom is 0.343 e. The molecule has 5 nitrogen and oxygen atoms in total. The van der Waals surface area contributed by atoms with Crippen molar-refractivity contribution in [1.82, 2.24) is 14.8 Å². The average molecular weight is 284 g/mol. The smallest absolute Gasteiger partial charge is 0.295 e. The van der Waals surface area contributed by atoms with Crippen LogP contribution in [0.3, 0.4) is 0 Å². The van der Waals surface area contributed by atoms with E-state index in [9.17, 15) is 9.59 Å². The van der Waals surface area contributed by atoms with Crippen LogP contribution in [0, 0.1) is 0 Å². The highest BCUT2D eigenvalue weighted by molar-refractivity contribution is 7.99. The van der Waals surface area contributed by atoms with Gasteiger partial charge in [0.1, 0.15) is 0 Å². The molecule has 0 atom stereocenters. The second-order valence-corrected chi connectivity index (χ2v) is 5.09. The van der Waals surface area contributed by atoms with Crippen LogP contribution in [0.5, 0.6) is 0 Å². The van der Waals surface area contributed by atoms with E-state index in [0.29, 0.717) is 15.7 Å².